The van der Waals surface area contributed by atoms with E-state index in [4.69, 9.17) is 4.42 Å². The zero-order valence-electron chi connectivity index (χ0n) is 18.9. The summed E-state index contributed by atoms with van der Waals surface area (Å²) in [6, 6.07) is 38.0. The van der Waals surface area contributed by atoms with E-state index in [1.165, 1.54) is 60.8 Å². The molecular formula is C33H22O. The molecule has 0 fully saturated rings. The van der Waals surface area contributed by atoms with Crippen molar-refractivity contribution in [1.29, 1.82) is 0 Å². The number of hydrogen-bond acceptors (Lipinski definition) is 1. The Kier molecular flexibility index (Phi) is 3.38. The Hall–Kier alpha value is -4.10. The largest absolute Gasteiger partial charge is 0.456 e. The van der Waals surface area contributed by atoms with Crippen LogP contribution in [-0.4, -0.2) is 0 Å². The van der Waals surface area contributed by atoms with E-state index in [2.05, 4.69) is 110 Å². The maximum atomic E-state index is 6.32. The summed E-state index contributed by atoms with van der Waals surface area (Å²) in [4.78, 5) is 0. The van der Waals surface area contributed by atoms with Gasteiger partial charge in [-0.15, -0.1) is 0 Å². The lowest BCUT2D eigenvalue weighted by Crippen LogP contribution is -2.26. The van der Waals surface area contributed by atoms with E-state index in [9.17, 15) is 0 Å². The second-order valence-corrected chi connectivity index (χ2v) is 9.53. The SMILES string of the molecule is CCc1ccc2c(c1)C1(c3ccccc3-2)c2ccccc2-c2c1ccc1oc3ccccc3c21. The Morgan fingerprint density at radius 2 is 1.29 bits per heavy atom. The number of aryl methyl sites for hydroxylation is 1. The molecule has 0 amide bonds. The third kappa shape index (κ3) is 1.98. The molecule has 2 aliphatic carbocycles. The maximum Gasteiger partial charge on any atom is 0.136 e. The number of para-hydroxylation sites is 1. The Morgan fingerprint density at radius 3 is 2.15 bits per heavy atom. The van der Waals surface area contributed by atoms with Crippen LogP contribution in [0.25, 0.3) is 44.2 Å². The van der Waals surface area contributed by atoms with Gasteiger partial charge in [-0.05, 0) is 68.6 Å². The summed E-state index contributed by atoms with van der Waals surface area (Å²) in [7, 11) is 0. The maximum absolute atomic E-state index is 6.32. The van der Waals surface area contributed by atoms with Crippen LogP contribution in [0.5, 0.6) is 0 Å². The van der Waals surface area contributed by atoms with E-state index in [0.717, 1.165) is 17.6 Å². The fourth-order valence-electron chi connectivity index (χ4n) is 6.71. The van der Waals surface area contributed by atoms with Gasteiger partial charge in [-0.1, -0.05) is 97.9 Å². The number of benzene rings is 5. The molecule has 1 heterocycles. The van der Waals surface area contributed by atoms with Crippen molar-refractivity contribution < 1.29 is 4.42 Å². The number of fused-ring (bicyclic) bond motifs is 14. The molecule has 1 aromatic heterocycles. The molecule has 5 aromatic carbocycles. The second kappa shape index (κ2) is 6.27. The molecule has 160 valence electrons. The monoisotopic (exact) mass is 434 g/mol. The van der Waals surface area contributed by atoms with Gasteiger partial charge in [0.15, 0.2) is 0 Å². The first-order valence-electron chi connectivity index (χ1n) is 12.1. The average Bonchev–Trinajstić information content (AvgIpc) is 3.52. The third-order valence-corrected chi connectivity index (χ3v) is 8.07. The molecule has 2 aliphatic rings. The number of rotatable bonds is 1. The molecule has 0 aliphatic heterocycles. The zero-order chi connectivity index (χ0) is 22.4. The van der Waals surface area contributed by atoms with Gasteiger partial charge >= 0.3 is 0 Å². The Bertz CT molecular complexity index is 1800. The quantitative estimate of drug-likeness (QED) is 0.252. The van der Waals surface area contributed by atoms with Crippen molar-refractivity contribution in [3.05, 3.63) is 131 Å². The average molecular weight is 435 g/mol. The molecule has 0 N–H and O–H groups in total. The van der Waals surface area contributed by atoms with E-state index in [1.807, 2.05) is 0 Å². The molecule has 6 aromatic rings. The second-order valence-electron chi connectivity index (χ2n) is 9.53. The fraction of sp³-hybridized carbons (Fsp3) is 0.0909. The molecule has 34 heavy (non-hydrogen) atoms. The summed E-state index contributed by atoms with van der Waals surface area (Å²) in [5, 5.41) is 2.42. The van der Waals surface area contributed by atoms with Crippen LogP contribution in [0.4, 0.5) is 0 Å². The van der Waals surface area contributed by atoms with Crippen LogP contribution in [0, 0.1) is 0 Å². The van der Waals surface area contributed by atoms with Crippen molar-refractivity contribution in [2.24, 2.45) is 0 Å². The molecule has 0 radical (unpaired) electrons. The van der Waals surface area contributed by atoms with Gasteiger partial charge in [0, 0.05) is 10.8 Å². The first-order chi connectivity index (χ1) is 16.8. The van der Waals surface area contributed by atoms with Gasteiger partial charge in [0.25, 0.3) is 0 Å². The fourth-order valence-corrected chi connectivity index (χ4v) is 6.71. The minimum atomic E-state index is -0.310. The highest BCUT2D eigenvalue weighted by molar-refractivity contribution is 6.16. The predicted octanol–water partition coefficient (Wildman–Crippen LogP) is 8.49. The van der Waals surface area contributed by atoms with E-state index < -0.39 is 0 Å². The third-order valence-electron chi connectivity index (χ3n) is 8.07. The minimum absolute atomic E-state index is 0.310. The van der Waals surface area contributed by atoms with Gasteiger partial charge in [0.05, 0.1) is 5.41 Å². The minimum Gasteiger partial charge on any atom is -0.456 e. The lowest BCUT2D eigenvalue weighted by molar-refractivity contribution is 0.668. The van der Waals surface area contributed by atoms with Crippen LogP contribution in [0.2, 0.25) is 0 Å². The van der Waals surface area contributed by atoms with E-state index in [-0.39, 0.29) is 5.41 Å². The summed E-state index contributed by atoms with van der Waals surface area (Å²) in [6.45, 7) is 2.24. The van der Waals surface area contributed by atoms with Crippen LogP contribution < -0.4 is 0 Å². The first kappa shape index (κ1) is 18.3. The number of furan rings is 1. The summed E-state index contributed by atoms with van der Waals surface area (Å²) in [5.74, 6) is 0. The highest BCUT2D eigenvalue weighted by Gasteiger charge is 2.52. The molecule has 8 rings (SSSR count). The molecule has 0 saturated heterocycles. The smallest absolute Gasteiger partial charge is 0.136 e. The summed E-state index contributed by atoms with van der Waals surface area (Å²) >= 11 is 0. The van der Waals surface area contributed by atoms with E-state index >= 15 is 0 Å². The summed E-state index contributed by atoms with van der Waals surface area (Å²) in [5.41, 5.74) is 13.9. The van der Waals surface area contributed by atoms with Gasteiger partial charge in [0.1, 0.15) is 11.2 Å². The number of hydrogen-bond donors (Lipinski definition) is 0. The lowest BCUT2D eigenvalue weighted by atomic mass is 9.70. The molecule has 1 unspecified atom stereocenters. The van der Waals surface area contributed by atoms with Crippen molar-refractivity contribution in [2.45, 2.75) is 18.8 Å². The highest BCUT2D eigenvalue weighted by atomic mass is 16.3. The van der Waals surface area contributed by atoms with Crippen LogP contribution in [0.1, 0.15) is 34.7 Å². The predicted molar refractivity (Wildman–Crippen MR) is 139 cm³/mol. The van der Waals surface area contributed by atoms with Crippen LogP contribution in [-0.2, 0) is 11.8 Å². The van der Waals surface area contributed by atoms with Gasteiger partial charge in [-0.25, -0.2) is 0 Å². The van der Waals surface area contributed by atoms with Crippen molar-refractivity contribution in [2.75, 3.05) is 0 Å². The Balaban J connectivity index is 1.63. The normalized spacial score (nSPS) is 17.2. The van der Waals surface area contributed by atoms with Gasteiger partial charge in [-0.3, -0.25) is 0 Å². The van der Waals surface area contributed by atoms with Crippen LogP contribution in [0.15, 0.2) is 108 Å². The van der Waals surface area contributed by atoms with Crippen LogP contribution in [0.3, 0.4) is 0 Å². The topological polar surface area (TPSA) is 13.1 Å². The Labute approximate surface area is 198 Å². The van der Waals surface area contributed by atoms with Crippen molar-refractivity contribution in [3.8, 4) is 22.3 Å². The van der Waals surface area contributed by atoms with E-state index in [0.29, 0.717) is 0 Å². The Morgan fingerprint density at radius 1 is 0.588 bits per heavy atom. The van der Waals surface area contributed by atoms with Crippen molar-refractivity contribution in [3.63, 3.8) is 0 Å². The molecule has 1 nitrogen and oxygen atoms in total. The van der Waals surface area contributed by atoms with Gasteiger partial charge < -0.3 is 4.42 Å². The van der Waals surface area contributed by atoms with Gasteiger partial charge in [0.2, 0.25) is 0 Å². The van der Waals surface area contributed by atoms with Crippen LogP contribution >= 0.6 is 0 Å². The van der Waals surface area contributed by atoms with Gasteiger partial charge in [-0.2, -0.15) is 0 Å². The molecule has 0 saturated carbocycles. The zero-order valence-corrected chi connectivity index (χ0v) is 18.9. The molecule has 0 bridgehead atoms. The lowest BCUT2D eigenvalue weighted by Gasteiger charge is -2.30. The standard InChI is InChI=1S/C33H22O/c1-2-20-15-16-22-21-9-3-6-12-25(21)33(28(22)19-20)26-13-7-4-10-23(26)31-27(33)17-18-30-32(31)24-11-5-8-14-29(24)34-30/h3-19H,2H2,1H3. The molecular weight excluding hydrogens is 412 g/mol. The molecule has 1 atom stereocenters. The first-order valence-corrected chi connectivity index (χ1v) is 12.1. The van der Waals surface area contributed by atoms with Crippen molar-refractivity contribution >= 4 is 21.9 Å². The van der Waals surface area contributed by atoms with E-state index in [1.54, 1.807) is 0 Å². The van der Waals surface area contributed by atoms with Crippen molar-refractivity contribution in [1.82, 2.24) is 0 Å². The summed E-state index contributed by atoms with van der Waals surface area (Å²) in [6.07, 6.45) is 1.03. The highest BCUT2D eigenvalue weighted by Crippen LogP contribution is 2.64. The molecule has 1 spiro atoms. The molecule has 1 heteroatoms. The summed E-state index contributed by atoms with van der Waals surface area (Å²) < 4.78 is 6.32.